The molecule has 0 aliphatic heterocycles. The predicted octanol–water partition coefficient (Wildman–Crippen LogP) is 1.23. The third-order valence-corrected chi connectivity index (χ3v) is 2.03. The molecule has 66 valence electrons. The Labute approximate surface area is 76.2 Å². The maximum atomic E-state index is 8.68. The second-order valence-electron chi connectivity index (χ2n) is 3.04. The summed E-state index contributed by atoms with van der Waals surface area (Å²) in [6.45, 7) is 0. The van der Waals surface area contributed by atoms with Gasteiger partial charge in [-0.2, -0.15) is 10.2 Å². The molecule has 0 saturated heterocycles. The maximum absolute atomic E-state index is 8.68. The second kappa shape index (κ2) is 3.02. The Morgan fingerprint density at radius 2 is 2.38 bits per heavy atom. The molecular weight excluding hydrogens is 166 g/mol. The third-order valence-electron chi connectivity index (χ3n) is 2.03. The zero-order valence-corrected chi connectivity index (χ0v) is 7.32. The maximum Gasteiger partial charge on any atom is 0.234 e. The molecule has 1 aromatic heterocycles. The molecule has 1 aliphatic rings. The summed E-state index contributed by atoms with van der Waals surface area (Å²) in [5, 5.41) is 8.68. The van der Waals surface area contributed by atoms with Crippen LogP contribution in [-0.4, -0.2) is 17.1 Å². The average Bonchev–Trinajstić information content (AvgIpc) is 3.00. The normalized spacial score (nSPS) is 15.1. The molecule has 1 aromatic rings. The van der Waals surface area contributed by atoms with Gasteiger partial charge in [-0.15, -0.1) is 0 Å². The van der Waals surface area contributed by atoms with Crippen LogP contribution in [0.4, 0.5) is 0 Å². The Balaban J connectivity index is 2.38. The van der Waals surface area contributed by atoms with Gasteiger partial charge in [-0.05, 0) is 12.8 Å². The summed E-state index contributed by atoms with van der Waals surface area (Å²) in [4.78, 5) is 8.27. The van der Waals surface area contributed by atoms with Crippen LogP contribution in [0, 0.1) is 11.3 Å². The fraction of sp³-hybridized carbons (Fsp3) is 0.444. The van der Waals surface area contributed by atoms with E-state index in [4.69, 9.17) is 10.00 Å². The topological polar surface area (TPSA) is 58.8 Å². The summed E-state index contributed by atoms with van der Waals surface area (Å²) >= 11 is 0. The van der Waals surface area contributed by atoms with Crippen LogP contribution in [0.1, 0.15) is 30.1 Å². The summed E-state index contributed by atoms with van der Waals surface area (Å²) in [5.74, 6) is 1.68. The minimum Gasteiger partial charge on any atom is -0.480 e. The summed E-state index contributed by atoms with van der Waals surface area (Å²) in [6.07, 6.45) is 3.82. The highest BCUT2D eigenvalue weighted by molar-refractivity contribution is 5.36. The molecule has 0 unspecified atom stereocenters. The number of hydrogen-bond acceptors (Lipinski definition) is 4. The fourth-order valence-electron chi connectivity index (χ4n) is 1.15. The summed E-state index contributed by atoms with van der Waals surface area (Å²) < 4.78 is 4.98. The molecule has 0 amide bonds. The van der Waals surface area contributed by atoms with Crippen LogP contribution in [0.25, 0.3) is 0 Å². The van der Waals surface area contributed by atoms with E-state index >= 15 is 0 Å². The van der Waals surface area contributed by atoms with Gasteiger partial charge in [0.1, 0.15) is 17.5 Å². The zero-order valence-electron chi connectivity index (χ0n) is 7.32. The predicted molar refractivity (Wildman–Crippen MR) is 45.3 cm³/mol. The summed E-state index contributed by atoms with van der Waals surface area (Å²) in [6, 6.07) is 1.98. The number of nitriles is 1. The van der Waals surface area contributed by atoms with Crippen molar-refractivity contribution in [3.8, 4) is 11.9 Å². The Morgan fingerprint density at radius 3 is 2.92 bits per heavy atom. The van der Waals surface area contributed by atoms with E-state index in [0.29, 0.717) is 17.4 Å². The molecule has 2 rings (SSSR count). The van der Waals surface area contributed by atoms with Gasteiger partial charge in [-0.25, -0.2) is 4.98 Å². The monoisotopic (exact) mass is 175 g/mol. The quantitative estimate of drug-likeness (QED) is 0.678. The number of ether oxygens (including phenoxy) is 1. The molecule has 0 N–H and O–H groups in total. The van der Waals surface area contributed by atoms with Gasteiger partial charge >= 0.3 is 0 Å². The van der Waals surface area contributed by atoms with Gasteiger partial charge in [0.15, 0.2) is 0 Å². The highest BCUT2D eigenvalue weighted by Gasteiger charge is 2.27. The number of hydrogen-bond donors (Lipinski definition) is 0. The van der Waals surface area contributed by atoms with Crippen LogP contribution in [-0.2, 0) is 0 Å². The third kappa shape index (κ3) is 1.45. The van der Waals surface area contributed by atoms with Crippen molar-refractivity contribution in [1.29, 1.82) is 5.26 Å². The van der Waals surface area contributed by atoms with Gasteiger partial charge in [0.2, 0.25) is 5.88 Å². The minimum absolute atomic E-state index is 0.388. The van der Waals surface area contributed by atoms with E-state index in [0.717, 1.165) is 18.7 Å². The Morgan fingerprint density at radius 1 is 1.62 bits per heavy atom. The van der Waals surface area contributed by atoms with Crippen molar-refractivity contribution in [2.45, 2.75) is 18.8 Å². The van der Waals surface area contributed by atoms with E-state index in [-0.39, 0.29) is 0 Å². The molecule has 4 nitrogen and oxygen atoms in total. The summed E-state index contributed by atoms with van der Waals surface area (Å²) in [7, 11) is 1.51. The molecule has 0 atom stereocenters. The first kappa shape index (κ1) is 7.99. The van der Waals surface area contributed by atoms with Gasteiger partial charge in [0, 0.05) is 5.92 Å². The van der Waals surface area contributed by atoms with E-state index in [9.17, 15) is 0 Å². The molecule has 1 fully saturated rings. The summed E-state index contributed by atoms with van der Waals surface area (Å²) in [5.41, 5.74) is 0.395. The van der Waals surface area contributed by atoms with Crippen LogP contribution in [0.15, 0.2) is 6.20 Å². The first-order chi connectivity index (χ1) is 6.35. The lowest BCUT2D eigenvalue weighted by Crippen LogP contribution is -1.98. The number of rotatable bonds is 2. The molecule has 1 aliphatic carbocycles. The Kier molecular flexibility index (Phi) is 1.85. The Hall–Kier alpha value is -1.63. The molecule has 13 heavy (non-hydrogen) atoms. The SMILES string of the molecule is COc1nc(C2CC2)ncc1C#N. The fourth-order valence-corrected chi connectivity index (χ4v) is 1.15. The van der Waals surface area contributed by atoms with Gasteiger partial charge in [0.25, 0.3) is 0 Å². The van der Waals surface area contributed by atoms with E-state index < -0.39 is 0 Å². The van der Waals surface area contributed by atoms with Crippen LogP contribution in [0.2, 0.25) is 0 Å². The highest BCUT2D eigenvalue weighted by atomic mass is 16.5. The molecule has 0 aromatic carbocycles. The van der Waals surface area contributed by atoms with Gasteiger partial charge in [-0.3, -0.25) is 0 Å². The molecule has 0 bridgehead atoms. The zero-order chi connectivity index (χ0) is 9.26. The minimum atomic E-state index is 0.388. The van der Waals surface area contributed by atoms with Crippen molar-refractivity contribution >= 4 is 0 Å². The van der Waals surface area contributed by atoms with Crippen molar-refractivity contribution in [3.63, 3.8) is 0 Å². The van der Waals surface area contributed by atoms with Crippen molar-refractivity contribution < 1.29 is 4.74 Å². The molecular formula is C9H9N3O. The van der Waals surface area contributed by atoms with E-state index in [1.54, 1.807) is 0 Å². The molecule has 1 saturated carbocycles. The standard InChI is InChI=1S/C9H9N3O/c1-13-9-7(4-10)5-11-8(12-9)6-2-3-6/h5-6H,2-3H2,1H3. The van der Waals surface area contributed by atoms with E-state index in [1.807, 2.05) is 6.07 Å². The van der Waals surface area contributed by atoms with Gasteiger partial charge in [-0.1, -0.05) is 0 Å². The van der Waals surface area contributed by atoms with Crippen molar-refractivity contribution in [1.82, 2.24) is 9.97 Å². The first-order valence-electron chi connectivity index (χ1n) is 4.16. The van der Waals surface area contributed by atoms with Crippen molar-refractivity contribution in [2.24, 2.45) is 0 Å². The largest absolute Gasteiger partial charge is 0.480 e. The lowest BCUT2D eigenvalue weighted by Gasteiger charge is -2.02. The van der Waals surface area contributed by atoms with Crippen LogP contribution in [0.3, 0.4) is 0 Å². The lowest BCUT2D eigenvalue weighted by molar-refractivity contribution is 0.393. The second-order valence-corrected chi connectivity index (χ2v) is 3.04. The molecule has 0 spiro atoms. The first-order valence-corrected chi connectivity index (χ1v) is 4.16. The molecule has 4 heteroatoms. The van der Waals surface area contributed by atoms with E-state index in [1.165, 1.54) is 13.3 Å². The Bertz CT molecular complexity index is 366. The van der Waals surface area contributed by atoms with Crippen LogP contribution < -0.4 is 4.74 Å². The highest BCUT2D eigenvalue weighted by Crippen LogP contribution is 2.38. The van der Waals surface area contributed by atoms with Crippen molar-refractivity contribution in [3.05, 3.63) is 17.6 Å². The lowest BCUT2D eigenvalue weighted by atomic mass is 10.3. The van der Waals surface area contributed by atoms with Gasteiger partial charge in [0.05, 0.1) is 13.3 Å². The van der Waals surface area contributed by atoms with E-state index in [2.05, 4.69) is 9.97 Å². The van der Waals surface area contributed by atoms with Crippen LogP contribution in [0.5, 0.6) is 5.88 Å². The number of nitrogens with zero attached hydrogens (tertiary/aromatic N) is 3. The molecule has 1 heterocycles. The number of methoxy groups -OCH3 is 1. The average molecular weight is 175 g/mol. The molecule has 0 radical (unpaired) electrons. The van der Waals surface area contributed by atoms with Crippen molar-refractivity contribution in [2.75, 3.05) is 7.11 Å². The van der Waals surface area contributed by atoms with Crippen LogP contribution >= 0.6 is 0 Å². The van der Waals surface area contributed by atoms with Gasteiger partial charge < -0.3 is 4.74 Å². The number of aromatic nitrogens is 2. The smallest absolute Gasteiger partial charge is 0.234 e.